The van der Waals surface area contributed by atoms with Crippen molar-refractivity contribution >= 4 is 0 Å². The van der Waals surface area contributed by atoms with E-state index in [0.717, 1.165) is 23.7 Å². The summed E-state index contributed by atoms with van der Waals surface area (Å²) < 4.78 is 17.1. The Morgan fingerprint density at radius 1 is 1.03 bits per heavy atom. The maximum Gasteiger partial charge on any atom is 0.197 e. The molecule has 1 aromatic rings. The number of allylic oxidation sites excluding steroid dienone is 3. The monoisotopic (exact) mass is 398 g/mol. The van der Waals surface area contributed by atoms with Crippen LogP contribution in [0.15, 0.2) is 60.9 Å². The van der Waals surface area contributed by atoms with Gasteiger partial charge in [0.15, 0.2) is 6.29 Å². The van der Waals surface area contributed by atoms with Gasteiger partial charge in [0.1, 0.15) is 18.1 Å². The van der Waals surface area contributed by atoms with E-state index >= 15 is 0 Å². The molecule has 1 fully saturated rings. The Balaban J connectivity index is 1.63. The third kappa shape index (κ3) is 8.49. The van der Waals surface area contributed by atoms with Gasteiger partial charge in [-0.05, 0) is 61.8 Å². The van der Waals surface area contributed by atoms with Crippen molar-refractivity contribution in [3.05, 3.63) is 66.5 Å². The first kappa shape index (κ1) is 23.3. The normalized spacial score (nSPS) is 17.1. The second-order valence-corrected chi connectivity index (χ2v) is 7.99. The minimum atomic E-state index is -0.374. The number of hydrogen-bond donors (Lipinski definition) is 0. The van der Waals surface area contributed by atoms with Gasteiger partial charge in [-0.25, -0.2) is 0 Å². The van der Waals surface area contributed by atoms with Crippen molar-refractivity contribution in [2.45, 2.75) is 71.5 Å². The lowest BCUT2D eigenvalue weighted by Gasteiger charge is -2.22. The first-order valence-corrected chi connectivity index (χ1v) is 11.1. The lowest BCUT2D eigenvalue weighted by atomic mass is 9.84. The highest BCUT2D eigenvalue weighted by molar-refractivity contribution is 5.29. The average Bonchev–Trinajstić information content (AvgIpc) is 2.75. The van der Waals surface area contributed by atoms with Crippen molar-refractivity contribution in [1.82, 2.24) is 0 Å². The molecule has 0 aliphatic heterocycles. The zero-order valence-corrected chi connectivity index (χ0v) is 18.5. The van der Waals surface area contributed by atoms with E-state index in [1.54, 1.807) is 0 Å². The van der Waals surface area contributed by atoms with E-state index in [1.807, 2.05) is 19.1 Å². The number of rotatable bonds is 12. The molecule has 160 valence electrons. The zero-order chi connectivity index (χ0) is 21.1. The molecule has 0 spiro atoms. The molecule has 1 aliphatic carbocycles. The number of ether oxygens (including phenoxy) is 3. The predicted molar refractivity (Wildman–Crippen MR) is 121 cm³/mol. The Morgan fingerprint density at radius 3 is 2.38 bits per heavy atom. The predicted octanol–water partition coefficient (Wildman–Crippen LogP) is 7.16. The van der Waals surface area contributed by atoms with Crippen LogP contribution in [0.2, 0.25) is 0 Å². The van der Waals surface area contributed by atoms with Crippen molar-refractivity contribution < 1.29 is 14.2 Å². The second-order valence-electron chi connectivity index (χ2n) is 7.99. The minimum Gasteiger partial charge on any atom is -0.491 e. The van der Waals surface area contributed by atoms with Crippen molar-refractivity contribution in [3.63, 3.8) is 0 Å². The summed E-state index contributed by atoms with van der Waals surface area (Å²) in [6.45, 7) is 15.1. The van der Waals surface area contributed by atoms with Crippen LogP contribution in [0.3, 0.4) is 0 Å². The molecule has 0 N–H and O–H groups in total. The fourth-order valence-electron chi connectivity index (χ4n) is 3.56. The minimum absolute atomic E-state index is 0.374. The third-order valence-electron chi connectivity index (χ3n) is 5.71. The van der Waals surface area contributed by atoms with Crippen LogP contribution in [-0.2, 0) is 9.47 Å². The van der Waals surface area contributed by atoms with Crippen LogP contribution >= 0.6 is 0 Å². The molecule has 0 amide bonds. The maximum absolute atomic E-state index is 5.79. The highest BCUT2D eigenvalue weighted by atomic mass is 16.7. The summed E-state index contributed by atoms with van der Waals surface area (Å²) in [6, 6.07) is 8.56. The fourth-order valence-corrected chi connectivity index (χ4v) is 3.56. The SMILES string of the molecule is C=C(/C=C\C(=C)C(C)CC)OC(C)OCCOc1ccc(C2CCCCC2)cc1. The second kappa shape index (κ2) is 12.5. The summed E-state index contributed by atoms with van der Waals surface area (Å²) >= 11 is 0. The lowest BCUT2D eigenvalue weighted by Crippen LogP contribution is -2.16. The van der Waals surface area contributed by atoms with E-state index < -0.39 is 0 Å². The average molecular weight is 399 g/mol. The van der Waals surface area contributed by atoms with Gasteiger partial charge in [-0.1, -0.05) is 70.0 Å². The summed E-state index contributed by atoms with van der Waals surface area (Å²) in [7, 11) is 0. The van der Waals surface area contributed by atoms with Crippen LogP contribution in [0.5, 0.6) is 5.75 Å². The van der Waals surface area contributed by atoms with Crippen LogP contribution in [-0.4, -0.2) is 19.5 Å². The van der Waals surface area contributed by atoms with E-state index in [0.29, 0.717) is 24.9 Å². The summed E-state index contributed by atoms with van der Waals surface area (Å²) in [5.74, 6) is 2.64. The van der Waals surface area contributed by atoms with Crippen molar-refractivity contribution in [2.75, 3.05) is 13.2 Å². The van der Waals surface area contributed by atoms with Crippen LogP contribution in [0, 0.1) is 5.92 Å². The Hall–Kier alpha value is -2.00. The topological polar surface area (TPSA) is 27.7 Å². The summed E-state index contributed by atoms with van der Waals surface area (Å²) in [6.07, 6.45) is 11.2. The summed E-state index contributed by atoms with van der Waals surface area (Å²) in [5, 5.41) is 0. The number of hydrogen-bond acceptors (Lipinski definition) is 3. The smallest absolute Gasteiger partial charge is 0.197 e. The Morgan fingerprint density at radius 2 is 1.72 bits per heavy atom. The molecule has 2 rings (SSSR count). The van der Waals surface area contributed by atoms with E-state index in [9.17, 15) is 0 Å². The molecule has 0 bridgehead atoms. The van der Waals surface area contributed by atoms with Crippen LogP contribution in [0.4, 0.5) is 0 Å². The highest BCUT2D eigenvalue weighted by Gasteiger charge is 2.15. The molecule has 2 atom stereocenters. The highest BCUT2D eigenvalue weighted by Crippen LogP contribution is 2.33. The van der Waals surface area contributed by atoms with Crippen molar-refractivity contribution in [3.8, 4) is 5.75 Å². The molecular weight excluding hydrogens is 360 g/mol. The molecule has 0 aromatic heterocycles. The van der Waals surface area contributed by atoms with Gasteiger partial charge < -0.3 is 14.2 Å². The molecule has 0 saturated heterocycles. The van der Waals surface area contributed by atoms with Gasteiger partial charge in [0.2, 0.25) is 0 Å². The van der Waals surface area contributed by atoms with Gasteiger partial charge in [-0.3, -0.25) is 0 Å². The van der Waals surface area contributed by atoms with Gasteiger partial charge in [0, 0.05) is 0 Å². The third-order valence-corrected chi connectivity index (χ3v) is 5.71. The van der Waals surface area contributed by atoms with Gasteiger partial charge in [0.05, 0.1) is 6.61 Å². The van der Waals surface area contributed by atoms with Gasteiger partial charge in [-0.2, -0.15) is 0 Å². The molecule has 3 heteroatoms. The van der Waals surface area contributed by atoms with Gasteiger partial charge >= 0.3 is 0 Å². The zero-order valence-electron chi connectivity index (χ0n) is 18.5. The van der Waals surface area contributed by atoms with Crippen LogP contribution in [0.1, 0.15) is 70.8 Å². The summed E-state index contributed by atoms with van der Waals surface area (Å²) in [4.78, 5) is 0. The van der Waals surface area contributed by atoms with E-state index in [1.165, 1.54) is 37.7 Å². The molecule has 1 aromatic carbocycles. The van der Waals surface area contributed by atoms with E-state index in [-0.39, 0.29) is 6.29 Å². The first-order chi connectivity index (χ1) is 14.0. The molecule has 3 nitrogen and oxygen atoms in total. The lowest BCUT2D eigenvalue weighted by molar-refractivity contribution is -0.105. The maximum atomic E-state index is 5.79. The Labute approximate surface area is 177 Å². The standard InChI is InChI=1S/C26H38O3/c1-6-20(2)21(3)12-13-22(4)29-23(5)27-18-19-28-26-16-14-25(15-17-26)24-10-8-7-9-11-24/h12-17,20,23-24H,3-4,6-11,18-19H2,1-2,5H3/b13-12-. The first-order valence-electron chi connectivity index (χ1n) is 11.1. The molecule has 0 heterocycles. The van der Waals surface area contributed by atoms with Crippen molar-refractivity contribution in [1.29, 1.82) is 0 Å². The molecule has 0 radical (unpaired) electrons. The van der Waals surface area contributed by atoms with Gasteiger partial charge in [0.25, 0.3) is 0 Å². The van der Waals surface area contributed by atoms with E-state index in [2.05, 4.69) is 51.3 Å². The number of benzene rings is 1. The fraction of sp³-hybridized carbons (Fsp3) is 0.538. The van der Waals surface area contributed by atoms with E-state index in [4.69, 9.17) is 14.2 Å². The molecule has 29 heavy (non-hydrogen) atoms. The van der Waals surface area contributed by atoms with Gasteiger partial charge in [-0.15, -0.1) is 0 Å². The quantitative estimate of drug-likeness (QED) is 0.162. The molecule has 2 unspecified atom stereocenters. The largest absolute Gasteiger partial charge is 0.491 e. The molecule has 1 saturated carbocycles. The molecular formula is C26H38O3. The Kier molecular flexibility index (Phi) is 10.1. The van der Waals surface area contributed by atoms with Crippen LogP contribution < -0.4 is 4.74 Å². The summed E-state index contributed by atoms with van der Waals surface area (Å²) in [5.41, 5.74) is 2.52. The van der Waals surface area contributed by atoms with Crippen molar-refractivity contribution in [2.24, 2.45) is 5.92 Å². The molecule has 1 aliphatic rings. The van der Waals surface area contributed by atoms with Crippen LogP contribution in [0.25, 0.3) is 0 Å². The Bertz CT molecular complexity index is 653.